The summed E-state index contributed by atoms with van der Waals surface area (Å²) in [6, 6.07) is 21.8. The molecule has 2 aliphatic rings. The van der Waals surface area contributed by atoms with Crippen LogP contribution in [0.2, 0.25) is 0 Å². The molecule has 2 aliphatic heterocycles. The fraction of sp³-hybridized carbons (Fsp3) is 0.192. The molecule has 0 unspecified atom stereocenters. The Labute approximate surface area is 185 Å². The van der Waals surface area contributed by atoms with Crippen molar-refractivity contribution in [1.82, 2.24) is 0 Å². The van der Waals surface area contributed by atoms with E-state index in [2.05, 4.69) is 0 Å². The van der Waals surface area contributed by atoms with Gasteiger partial charge in [0.05, 0.1) is 13.0 Å². The minimum atomic E-state index is -0.967. The zero-order chi connectivity index (χ0) is 22.2. The maximum absolute atomic E-state index is 13.9. The molecule has 3 aromatic rings. The number of anilines is 1. The van der Waals surface area contributed by atoms with Crippen LogP contribution < -0.4 is 9.64 Å². The Kier molecular flexibility index (Phi) is 4.98. The summed E-state index contributed by atoms with van der Waals surface area (Å²) in [5, 5.41) is 12.4. The van der Waals surface area contributed by atoms with Crippen LogP contribution in [0.1, 0.15) is 27.4 Å². The Bertz CT molecular complexity index is 1190. The number of nitro groups is 1. The van der Waals surface area contributed by atoms with E-state index in [-0.39, 0.29) is 10.7 Å². The largest absolute Gasteiger partial charge is 0.497 e. The molecule has 1 fully saturated rings. The van der Waals surface area contributed by atoms with Crippen LogP contribution in [0.4, 0.5) is 5.69 Å². The Hall–Kier alpha value is -3.93. The van der Waals surface area contributed by atoms with Crippen molar-refractivity contribution in [2.75, 3.05) is 12.0 Å². The second-order valence-corrected chi connectivity index (χ2v) is 8.07. The number of rotatable bonds is 5. The lowest BCUT2D eigenvalue weighted by Crippen LogP contribution is -2.44. The number of fused-ring (bicyclic) bond motifs is 3. The van der Waals surface area contributed by atoms with Gasteiger partial charge in [-0.3, -0.25) is 14.9 Å². The van der Waals surface area contributed by atoms with Crippen LogP contribution in [-0.2, 0) is 0 Å². The number of hydrogen-bond acceptors (Lipinski definition) is 5. The van der Waals surface area contributed by atoms with E-state index in [0.717, 1.165) is 16.8 Å². The van der Waals surface area contributed by atoms with Crippen LogP contribution in [0.3, 0.4) is 0 Å². The van der Waals surface area contributed by atoms with Gasteiger partial charge in [-0.15, -0.1) is 0 Å². The van der Waals surface area contributed by atoms with E-state index in [1.165, 1.54) is 0 Å². The lowest BCUT2D eigenvalue weighted by Gasteiger charge is -2.34. The Morgan fingerprint density at radius 2 is 1.66 bits per heavy atom. The first-order valence-corrected chi connectivity index (χ1v) is 10.5. The molecular formula is C26H22N2O4. The summed E-state index contributed by atoms with van der Waals surface area (Å²) in [5.74, 6) is -0.0754. The highest BCUT2D eigenvalue weighted by molar-refractivity contribution is 6.04. The molecule has 5 rings (SSSR count). The number of methoxy groups -OCH3 is 1. The molecule has 4 atom stereocenters. The van der Waals surface area contributed by atoms with E-state index in [4.69, 9.17) is 4.74 Å². The number of carbonyl (C=O) groups is 1. The van der Waals surface area contributed by atoms with Crippen molar-refractivity contribution in [3.8, 4) is 5.75 Å². The molecule has 160 valence electrons. The molecule has 1 saturated heterocycles. The van der Waals surface area contributed by atoms with Gasteiger partial charge in [-0.05, 0) is 29.3 Å². The van der Waals surface area contributed by atoms with Crippen molar-refractivity contribution in [2.45, 2.75) is 24.0 Å². The van der Waals surface area contributed by atoms with Gasteiger partial charge in [0.15, 0.2) is 5.78 Å². The quantitative estimate of drug-likeness (QED) is 0.339. The summed E-state index contributed by atoms with van der Waals surface area (Å²) >= 11 is 0. The zero-order valence-corrected chi connectivity index (χ0v) is 17.5. The molecule has 0 aromatic heterocycles. The monoisotopic (exact) mass is 426 g/mol. The number of hydrogen-bond donors (Lipinski definition) is 0. The average molecular weight is 426 g/mol. The van der Waals surface area contributed by atoms with Gasteiger partial charge in [-0.1, -0.05) is 72.8 Å². The lowest BCUT2D eigenvalue weighted by molar-refractivity contribution is -0.524. The van der Waals surface area contributed by atoms with Gasteiger partial charge >= 0.3 is 0 Å². The van der Waals surface area contributed by atoms with Crippen LogP contribution >= 0.6 is 0 Å². The molecule has 2 heterocycles. The molecule has 32 heavy (non-hydrogen) atoms. The molecular weight excluding hydrogens is 404 g/mol. The van der Waals surface area contributed by atoms with Crippen LogP contribution in [0.25, 0.3) is 6.08 Å². The van der Waals surface area contributed by atoms with E-state index in [9.17, 15) is 14.9 Å². The van der Waals surface area contributed by atoms with E-state index < -0.39 is 24.0 Å². The number of para-hydroxylation sites is 1. The zero-order valence-electron chi connectivity index (χ0n) is 17.5. The Morgan fingerprint density at radius 3 is 2.34 bits per heavy atom. The topological polar surface area (TPSA) is 72.7 Å². The molecule has 0 N–H and O–H groups in total. The van der Waals surface area contributed by atoms with E-state index in [1.807, 2.05) is 71.6 Å². The molecule has 0 amide bonds. The molecule has 6 nitrogen and oxygen atoms in total. The number of ether oxygens (including phenoxy) is 1. The van der Waals surface area contributed by atoms with Gasteiger partial charge in [0.1, 0.15) is 17.8 Å². The molecule has 0 saturated carbocycles. The van der Waals surface area contributed by atoms with Crippen molar-refractivity contribution >= 4 is 17.5 Å². The first kappa shape index (κ1) is 20.0. The molecule has 3 aromatic carbocycles. The van der Waals surface area contributed by atoms with Gasteiger partial charge < -0.3 is 9.64 Å². The third-order valence-electron chi connectivity index (χ3n) is 6.44. The highest BCUT2D eigenvalue weighted by Gasteiger charge is 2.58. The van der Waals surface area contributed by atoms with Crippen molar-refractivity contribution in [1.29, 1.82) is 0 Å². The average Bonchev–Trinajstić information content (AvgIpc) is 3.20. The van der Waals surface area contributed by atoms with Crippen LogP contribution in [-0.4, -0.2) is 35.9 Å². The van der Waals surface area contributed by atoms with Crippen LogP contribution in [0.15, 0.2) is 84.9 Å². The van der Waals surface area contributed by atoms with Gasteiger partial charge in [0.25, 0.3) is 0 Å². The highest BCUT2D eigenvalue weighted by atomic mass is 16.6. The SMILES string of the molecule is COc1ccc([C@@H]2[C@@H]([N+](=O)[O-])[C@H]3C=Cc4ccccc4N3[C@@H]2C(=O)c2ccccc2)cc1. The number of benzene rings is 3. The summed E-state index contributed by atoms with van der Waals surface area (Å²) < 4.78 is 5.27. The molecule has 0 spiro atoms. The number of nitrogens with zero attached hydrogens (tertiary/aromatic N) is 2. The maximum atomic E-state index is 13.9. The standard InChI is InChI=1S/C26H22N2O4/c1-32-20-14-11-18(12-15-20)23-24(28(30)31)22-16-13-17-7-5-6-10-21(17)27(22)25(23)26(29)19-8-3-2-4-9-19/h2-16,22-25H,1H3/t22-,23-,24+,25+/m1/s1. The first-order valence-electron chi connectivity index (χ1n) is 10.5. The second kappa shape index (κ2) is 7.96. The number of Topliss-reactive ketones (excluding diaryl/α,β-unsaturated/α-hetero) is 1. The Balaban J connectivity index is 1.71. The molecule has 0 radical (unpaired) electrons. The van der Waals surface area contributed by atoms with Gasteiger partial charge in [0.2, 0.25) is 6.04 Å². The third-order valence-corrected chi connectivity index (χ3v) is 6.44. The summed E-state index contributed by atoms with van der Waals surface area (Å²) in [7, 11) is 1.58. The summed E-state index contributed by atoms with van der Waals surface area (Å²) in [4.78, 5) is 28.0. The predicted molar refractivity (Wildman–Crippen MR) is 123 cm³/mol. The summed E-state index contributed by atoms with van der Waals surface area (Å²) in [6.07, 6.45) is 3.79. The molecule has 0 bridgehead atoms. The second-order valence-electron chi connectivity index (χ2n) is 8.07. The number of carbonyl (C=O) groups excluding carboxylic acids is 1. The number of ketones is 1. The summed E-state index contributed by atoms with van der Waals surface area (Å²) in [6.45, 7) is 0. The van der Waals surface area contributed by atoms with E-state index in [1.54, 1.807) is 31.4 Å². The maximum Gasteiger partial charge on any atom is 0.245 e. The van der Waals surface area contributed by atoms with Gasteiger partial charge in [0, 0.05) is 16.2 Å². The molecule has 0 aliphatic carbocycles. The minimum absolute atomic E-state index is 0.120. The normalized spacial score (nSPS) is 23.3. The van der Waals surface area contributed by atoms with Crippen molar-refractivity contribution in [3.63, 3.8) is 0 Å². The van der Waals surface area contributed by atoms with E-state index in [0.29, 0.717) is 11.3 Å². The Morgan fingerprint density at radius 1 is 0.969 bits per heavy atom. The van der Waals surface area contributed by atoms with Crippen LogP contribution in [0, 0.1) is 10.1 Å². The van der Waals surface area contributed by atoms with Gasteiger partial charge in [-0.25, -0.2) is 0 Å². The van der Waals surface area contributed by atoms with E-state index >= 15 is 0 Å². The van der Waals surface area contributed by atoms with Crippen molar-refractivity contribution < 1.29 is 14.5 Å². The third kappa shape index (κ3) is 3.15. The molecule has 6 heteroatoms. The van der Waals surface area contributed by atoms with Gasteiger partial charge in [-0.2, -0.15) is 0 Å². The summed E-state index contributed by atoms with van der Waals surface area (Å²) in [5.41, 5.74) is 3.09. The van der Waals surface area contributed by atoms with Crippen LogP contribution in [0.5, 0.6) is 5.75 Å². The fourth-order valence-corrected chi connectivity index (χ4v) is 5.03. The lowest BCUT2D eigenvalue weighted by atomic mass is 9.83. The highest BCUT2D eigenvalue weighted by Crippen LogP contribution is 2.47. The minimum Gasteiger partial charge on any atom is -0.497 e. The van der Waals surface area contributed by atoms with Crippen molar-refractivity contribution in [3.05, 3.63) is 112 Å². The van der Waals surface area contributed by atoms with Crippen molar-refractivity contribution in [2.24, 2.45) is 0 Å². The smallest absolute Gasteiger partial charge is 0.245 e. The predicted octanol–water partition coefficient (Wildman–Crippen LogP) is 4.59. The first-order chi connectivity index (χ1) is 15.6. The fourth-order valence-electron chi connectivity index (χ4n) is 5.03.